The number of hydrogen-bond donors (Lipinski definition) is 0. The van der Waals surface area contributed by atoms with Crippen LogP contribution in [0.5, 0.6) is 0 Å². The first kappa shape index (κ1) is 13.8. The summed E-state index contributed by atoms with van der Waals surface area (Å²) in [5.41, 5.74) is -0.215. The third kappa shape index (κ3) is 2.69. The molecule has 0 saturated carbocycles. The number of esters is 1. The van der Waals surface area contributed by atoms with Crippen molar-refractivity contribution < 1.29 is 9.53 Å². The number of unbranched alkanes of at least 4 members (excludes halogenated alkanes) is 1. The monoisotopic (exact) mass is 264 g/mol. The molecule has 2 rings (SSSR count). The van der Waals surface area contributed by atoms with E-state index in [1.807, 2.05) is 0 Å². The molecular formula is C14H20N2O3. The van der Waals surface area contributed by atoms with Gasteiger partial charge in [-0.2, -0.15) is 0 Å². The van der Waals surface area contributed by atoms with Gasteiger partial charge in [0.15, 0.2) is 0 Å². The lowest BCUT2D eigenvalue weighted by molar-refractivity contribution is 0.0596. The standard InChI is InChI=1S/C14H20N2O3/c1-3-4-6-10-7-5-8-12-15-9-11(14(18)19-2)13(17)16(10)12/h9-10H,3-8H2,1-2H3. The number of fused-ring (bicyclic) bond motifs is 1. The number of carbonyl (C=O) groups excluding carboxylic acids is 1. The smallest absolute Gasteiger partial charge is 0.345 e. The largest absolute Gasteiger partial charge is 0.465 e. The maximum Gasteiger partial charge on any atom is 0.345 e. The SMILES string of the molecule is CCCCC1CCCc2ncc(C(=O)OC)c(=O)n21. The highest BCUT2D eigenvalue weighted by Crippen LogP contribution is 2.26. The fourth-order valence-electron chi connectivity index (χ4n) is 2.65. The molecule has 2 heterocycles. The lowest BCUT2D eigenvalue weighted by Gasteiger charge is -2.27. The van der Waals surface area contributed by atoms with E-state index >= 15 is 0 Å². The van der Waals surface area contributed by atoms with Crippen molar-refractivity contribution in [1.82, 2.24) is 9.55 Å². The number of ether oxygens (including phenoxy) is 1. The van der Waals surface area contributed by atoms with Crippen LogP contribution in [-0.4, -0.2) is 22.6 Å². The van der Waals surface area contributed by atoms with E-state index < -0.39 is 5.97 Å². The zero-order valence-electron chi connectivity index (χ0n) is 11.5. The van der Waals surface area contributed by atoms with Crippen LogP contribution >= 0.6 is 0 Å². The van der Waals surface area contributed by atoms with Crippen LogP contribution in [0.1, 0.15) is 61.3 Å². The lowest BCUT2D eigenvalue weighted by atomic mass is 9.98. The predicted octanol–water partition coefficient (Wildman–Crippen LogP) is 2.10. The molecule has 1 aliphatic rings. The van der Waals surface area contributed by atoms with Gasteiger partial charge in [-0.05, 0) is 19.3 Å². The zero-order valence-corrected chi connectivity index (χ0v) is 11.5. The highest BCUT2D eigenvalue weighted by atomic mass is 16.5. The quantitative estimate of drug-likeness (QED) is 0.781. The molecule has 0 aliphatic carbocycles. The molecule has 0 radical (unpaired) electrons. The molecule has 0 saturated heterocycles. The number of methoxy groups -OCH3 is 1. The van der Waals surface area contributed by atoms with Gasteiger partial charge in [0.05, 0.1) is 7.11 Å². The summed E-state index contributed by atoms with van der Waals surface area (Å²) in [5, 5.41) is 0. The predicted molar refractivity (Wildman–Crippen MR) is 71.3 cm³/mol. The first-order chi connectivity index (χ1) is 9.19. The summed E-state index contributed by atoms with van der Waals surface area (Å²) in [6.45, 7) is 2.13. The molecule has 104 valence electrons. The number of aromatic nitrogens is 2. The highest BCUT2D eigenvalue weighted by molar-refractivity contribution is 5.88. The van der Waals surface area contributed by atoms with Gasteiger partial charge >= 0.3 is 5.97 Å². The normalized spacial score (nSPS) is 17.9. The van der Waals surface area contributed by atoms with Gasteiger partial charge in [0, 0.05) is 18.7 Å². The van der Waals surface area contributed by atoms with Gasteiger partial charge in [-0.3, -0.25) is 9.36 Å². The molecule has 5 nitrogen and oxygen atoms in total. The Labute approximate surface area is 112 Å². The van der Waals surface area contributed by atoms with Gasteiger partial charge in [0.25, 0.3) is 5.56 Å². The molecule has 1 aromatic heterocycles. The number of carbonyl (C=O) groups is 1. The van der Waals surface area contributed by atoms with Crippen molar-refractivity contribution >= 4 is 5.97 Å². The average Bonchev–Trinajstić information content (AvgIpc) is 2.44. The van der Waals surface area contributed by atoms with Crippen LogP contribution in [0.25, 0.3) is 0 Å². The molecule has 5 heteroatoms. The van der Waals surface area contributed by atoms with Crippen molar-refractivity contribution in [1.29, 1.82) is 0 Å². The van der Waals surface area contributed by atoms with Gasteiger partial charge in [-0.25, -0.2) is 9.78 Å². The van der Waals surface area contributed by atoms with Crippen LogP contribution in [0.4, 0.5) is 0 Å². The van der Waals surface area contributed by atoms with Crippen LogP contribution in [-0.2, 0) is 11.2 Å². The Hall–Kier alpha value is -1.65. The second kappa shape index (κ2) is 5.99. The molecule has 0 spiro atoms. The van der Waals surface area contributed by atoms with Crippen molar-refractivity contribution in [2.24, 2.45) is 0 Å². The summed E-state index contributed by atoms with van der Waals surface area (Å²) in [6, 6.07) is 0.174. The van der Waals surface area contributed by atoms with Crippen LogP contribution in [0.15, 0.2) is 11.0 Å². The van der Waals surface area contributed by atoms with E-state index in [2.05, 4.69) is 16.6 Å². The first-order valence-electron chi connectivity index (χ1n) is 6.87. The van der Waals surface area contributed by atoms with Crippen molar-refractivity contribution in [3.05, 3.63) is 27.9 Å². The molecule has 1 aromatic rings. The van der Waals surface area contributed by atoms with E-state index in [9.17, 15) is 9.59 Å². The van der Waals surface area contributed by atoms with Crippen LogP contribution in [0.3, 0.4) is 0 Å². The third-order valence-corrected chi connectivity index (χ3v) is 3.67. The molecule has 0 N–H and O–H groups in total. The number of hydrogen-bond acceptors (Lipinski definition) is 4. The molecule has 19 heavy (non-hydrogen) atoms. The van der Waals surface area contributed by atoms with E-state index in [4.69, 9.17) is 0 Å². The summed E-state index contributed by atoms with van der Waals surface area (Å²) in [7, 11) is 1.28. The van der Waals surface area contributed by atoms with Crippen molar-refractivity contribution in [2.45, 2.75) is 51.5 Å². The number of aryl methyl sites for hydroxylation is 1. The minimum atomic E-state index is -0.604. The number of rotatable bonds is 4. The van der Waals surface area contributed by atoms with E-state index in [0.717, 1.165) is 44.3 Å². The molecule has 0 bridgehead atoms. The molecule has 0 amide bonds. The minimum Gasteiger partial charge on any atom is -0.465 e. The van der Waals surface area contributed by atoms with Crippen molar-refractivity contribution in [3.8, 4) is 0 Å². The fraction of sp³-hybridized carbons (Fsp3) is 0.643. The zero-order chi connectivity index (χ0) is 13.8. The lowest BCUT2D eigenvalue weighted by Crippen LogP contribution is -2.35. The summed E-state index contributed by atoms with van der Waals surface area (Å²) in [4.78, 5) is 28.2. The molecular weight excluding hydrogens is 244 g/mol. The van der Waals surface area contributed by atoms with Gasteiger partial charge in [0.2, 0.25) is 0 Å². The molecule has 1 unspecified atom stereocenters. The van der Waals surface area contributed by atoms with Gasteiger partial charge in [-0.1, -0.05) is 19.8 Å². The maximum absolute atomic E-state index is 12.4. The minimum absolute atomic E-state index is 0.0367. The highest BCUT2D eigenvalue weighted by Gasteiger charge is 2.24. The summed E-state index contributed by atoms with van der Waals surface area (Å²) in [5.74, 6) is 0.192. The van der Waals surface area contributed by atoms with Gasteiger partial charge in [-0.15, -0.1) is 0 Å². The summed E-state index contributed by atoms with van der Waals surface area (Å²) < 4.78 is 6.35. The fourth-order valence-corrected chi connectivity index (χ4v) is 2.65. The van der Waals surface area contributed by atoms with Crippen LogP contribution < -0.4 is 5.56 Å². The van der Waals surface area contributed by atoms with Crippen LogP contribution in [0.2, 0.25) is 0 Å². The number of nitrogens with zero attached hydrogens (tertiary/aromatic N) is 2. The Kier molecular flexibility index (Phi) is 4.35. The second-order valence-corrected chi connectivity index (χ2v) is 4.94. The molecule has 0 fully saturated rings. The Morgan fingerprint density at radius 3 is 3.05 bits per heavy atom. The Bertz CT molecular complexity index is 522. The summed E-state index contributed by atoms with van der Waals surface area (Å²) >= 11 is 0. The van der Waals surface area contributed by atoms with Crippen molar-refractivity contribution in [2.75, 3.05) is 7.11 Å². The Balaban J connectivity index is 2.42. The molecule has 0 aromatic carbocycles. The van der Waals surface area contributed by atoms with E-state index in [1.165, 1.54) is 13.3 Å². The molecule has 1 aliphatic heterocycles. The maximum atomic E-state index is 12.4. The van der Waals surface area contributed by atoms with Gasteiger partial charge < -0.3 is 4.74 Å². The van der Waals surface area contributed by atoms with Crippen molar-refractivity contribution in [3.63, 3.8) is 0 Å². The summed E-state index contributed by atoms with van der Waals surface area (Å²) in [6.07, 6.45) is 7.35. The van der Waals surface area contributed by atoms with E-state index in [1.54, 1.807) is 4.57 Å². The average molecular weight is 264 g/mol. The van der Waals surface area contributed by atoms with Gasteiger partial charge in [0.1, 0.15) is 11.4 Å². The second-order valence-electron chi connectivity index (χ2n) is 4.94. The van der Waals surface area contributed by atoms with E-state index in [0.29, 0.717) is 0 Å². The molecule has 1 atom stereocenters. The van der Waals surface area contributed by atoms with Crippen LogP contribution in [0, 0.1) is 0 Å². The Morgan fingerprint density at radius 2 is 2.37 bits per heavy atom. The topological polar surface area (TPSA) is 61.2 Å². The van der Waals surface area contributed by atoms with E-state index in [-0.39, 0.29) is 17.2 Å². The Morgan fingerprint density at radius 1 is 1.58 bits per heavy atom. The first-order valence-corrected chi connectivity index (χ1v) is 6.87. The third-order valence-electron chi connectivity index (χ3n) is 3.67.